The zero-order valence-corrected chi connectivity index (χ0v) is 7.87. The van der Waals surface area contributed by atoms with Crippen LogP contribution in [0.3, 0.4) is 0 Å². The summed E-state index contributed by atoms with van der Waals surface area (Å²) in [6.45, 7) is 1.43. The van der Waals surface area contributed by atoms with E-state index >= 15 is 0 Å². The molecule has 1 heterocycles. The highest BCUT2D eigenvalue weighted by atomic mass is 35.5. The van der Waals surface area contributed by atoms with Crippen molar-refractivity contribution in [3.05, 3.63) is 11.2 Å². The smallest absolute Gasteiger partial charge is 0.164 e. The Bertz CT molecular complexity index is 245. The van der Waals surface area contributed by atoms with Gasteiger partial charge in [-0.1, -0.05) is 11.6 Å². The first-order valence-electron chi connectivity index (χ1n) is 3.91. The third kappa shape index (κ3) is 3.22. The molecule has 0 amide bonds. The third-order valence-corrected chi connectivity index (χ3v) is 1.73. The standard InChI is InChI=1S/C7H12ClN3O2/c8-6-5-11(10-7(6)9)1-3-13-4-2-12/h5,12H,1-4H2,(H2,9,10). The largest absolute Gasteiger partial charge is 0.394 e. The summed E-state index contributed by atoms with van der Waals surface area (Å²) in [6.07, 6.45) is 1.64. The van der Waals surface area contributed by atoms with Crippen LogP contribution in [0.1, 0.15) is 0 Å². The number of aliphatic hydroxyl groups is 1. The van der Waals surface area contributed by atoms with E-state index < -0.39 is 0 Å². The van der Waals surface area contributed by atoms with E-state index in [1.54, 1.807) is 10.9 Å². The van der Waals surface area contributed by atoms with Gasteiger partial charge >= 0.3 is 0 Å². The molecule has 0 unspecified atom stereocenters. The first-order valence-corrected chi connectivity index (χ1v) is 4.29. The Balaban J connectivity index is 2.29. The molecule has 0 radical (unpaired) electrons. The predicted octanol–water partition coefficient (Wildman–Crippen LogP) is 0.128. The number of nitrogens with two attached hydrogens (primary N) is 1. The SMILES string of the molecule is Nc1nn(CCOCCO)cc1Cl. The Morgan fingerprint density at radius 1 is 1.62 bits per heavy atom. The second-order valence-corrected chi connectivity index (χ2v) is 2.87. The lowest BCUT2D eigenvalue weighted by atomic mass is 10.6. The van der Waals surface area contributed by atoms with Gasteiger partial charge in [-0.2, -0.15) is 5.10 Å². The van der Waals surface area contributed by atoms with Crippen LogP contribution in [0.5, 0.6) is 0 Å². The summed E-state index contributed by atoms with van der Waals surface area (Å²) in [5, 5.41) is 12.8. The number of ether oxygens (including phenoxy) is 1. The fourth-order valence-electron chi connectivity index (χ4n) is 0.851. The summed E-state index contributed by atoms with van der Waals surface area (Å²) in [5.74, 6) is 0.323. The Hall–Kier alpha value is -0.780. The maximum atomic E-state index is 8.42. The van der Waals surface area contributed by atoms with Crippen LogP contribution in [0.4, 0.5) is 5.82 Å². The van der Waals surface area contributed by atoms with Gasteiger partial charge in [0.25, 0.3) is 0 Å². The minimum absolute atomic E-state index is 0.0298. The molecule has 0 saturated carbocycles. The van der Waals surface area contributed by atoms with Crippen LogP contribution in [0, 0.1) is 0 Å². The van der Waals surface area contributed by atoms with E-state index in [1.807, 2.05) is 0 Å². The maximum absolute atomic E-state index is 8.42. The first-order chi connectivity index (χ1) is 6.24. The van der Waals surface area contributed by atoms with Gasteiger partial charge in [0.15, 0.2) is 5.82 Å². The van der Waals surface area contributed by atoms with Gasteiger partial charge in [0.2, 0.25) is 0 Å². The average molecular weight is 206 g/mol. The van der Waals surface area contributed by atoms with Gasteiger partial charge in [0.1, 0.15) is 5.02 Å². The Morgan fingerprint density at radius 3 is 2.92 bits per heavy atom. The molecule has 13 heavy (non-hydrogen) atoms. The lowest BCUT2D eigenvalue weighted by molar-refractivity contribution is 0.0854. The van der Waals surface area contributed by atoms with E-state index in [4.69, 9.17) is 27.2 Å². The zero-order chi connectivity index (χ0) is 9.68. The predicted molar refractivity (Wildman–Crippen MR) is 49.6 cm³/mol. The first kappa shape index (κ1) is 10.3. The molecule has 0 fully saturated rings. The fourth-order valence-corrected chi connectivity index (χ4v) is 1.00. The van der Waals surface area contributed by atoms with Gasteiger partial charge in [0.05, 0.1) is 26.4 Å². The van der Waals surface area contributed by atoms with Crippen LogP contribution in [0.2, 0.25) is 5.02 Å². The van der Waals surface area contributed by atoms with Crippen molar-refractivity contribution >= 4 is 17.4 Å². The fraction of sp³-hybridized carbons (Fsp3) is 0.571. The van der Waals surface area contributed by atoms with E-state index in [0.717, 1.165) is 0 Å². The highest BCUT2D eigenvalue weighted by molar-refractivity contribution is 6.32. The lowest BCUT2D eigenvalue weighted by Crippen LogP contribution is -2.09. The third-order valence-electron chi connectivity index (χ3n) is 1.44. The van der Waals surface area contributed by atoms with Crippen molar-refractivity contribution in [1.29, 1.82) is 0 Å². The minimum atomic E-state index is 0.0298. The molecule has 0 bridgehead atoms. The molecule has 0 aliphatic rings. The maximum Gasteiger partial charge on any atom is 0.164 e. The van der Waals surface area contributed by atoms with E-state index in [1.165, 1.54) is 0 Å². The number of nitrogens with zero attached hydrogens (tertiary/aromatic N) is 2. The van der Waals surface area contributed by atoms with Crippen molar-refractivity contribution in [1.82, 2.24) is 9.78 Å². The summed E-state index contributed by atoms with van der Waals surface area (Å²) in [5.41, 5.74) is 5.43. The number of aliphatic hydroxyl groups excluding tert-OH is 1. The average Bonchev–Trinajstić information content (AvgIpc) is 2.41. The van der Waals surface area contributed by atoms with Gasteiger partial charge in [-0.05, 0) is 0 Å². The normalized spacial score (nSPS) is 10.6. The second-order valence-electron chi connectivity index (χ2n) is 2.46. The van der Waals surface area contributed by atoms with Crippen molar-refractivity contribution in [2.75, 3.05) is 25.6 Å². The van der Waals surface area contributed by atoms with Crippen LogP contribution < -0.4 is 5.73 Å². The number of anilines is 1. The van der Waals surface area contributed by atoms with E-state index in [9.17, 15) is 0 Å². The van der Waals surface area contributed by atoms with Crippen LogP contribution in [0.15, 0.2) is 6.20 Å². The molecule has 3 N–H and O–H groups in total. The molecule has 0 aromatic carbocycles. The molecule has 1 aromatic rings. The summed E-state index contributed by atoms with van der Waals surface area (Å²) in [6, 6.07) is 0. The number of nitrogen functional groups attached to an aromatic ring is 1. The monoisotopic (exact) mass is 205 g/mol. The van der Waals surface area contributed by atoms with Crippen molar-refractivity contribution in [2.24, 2.45) is 0 Å². The van der Waals surface area contributed by atoms with E-state index in [0.29, 0.717) is 30.6 Å². The molecule has 5 nitrogen and oxygen atoms in total. The van der Waals surface area contributed by atoms with Gasteiger partial charge in [-0.3, -0.25) is 4.68 Å². The van der Waals surface area contributed by atoms with E-state index in [2.05, 4.69) is 5.10 Å². The highest BCUT2D eigenvalue weighted by Gasteiger charge is 2.01. The van der Waals surface area contributed by atoms with Gasteiger partial charge in [0, 0.05) is 6.20 Å². The van der Waals surface area contributed by atoms with Crippen molar-refractivity contribution < 1.29 is 9.84 Å². The molecule has 0 saturated heterocycles. The van der Waals surface area contributed by atoms with Crippen LogP contribution in [0.25, 0.3) is 0 Å². The van der Waals surface area contributed by atoms with Crippen LogP contribution >= 0.6 is 11.6 Å². The minimum Gasteiger partial charge on any atom is -0.394 e. The van der Waals surface area contributed by atoms with Gasteiger partial charge < -0.3 is 15.6 Å². The molecule has 0 atom stereocenters. The number of hydrogen-bond acceptors (Lipinski definition) is 4. The number of aromatic nitrogens is 2. The molecular weight excluding hydrogens is 194 g/mol. The van der Waals surface area contributed by atoms with Crippen molar-refractivity contribution in [2.45, 2.75) is 6.54 Å². The summed E-state index contributed by atoms with van der Waals surface area (Å²) >= 11 is 5.68. The zero-order valence-electron chi connectivity index (χ0n) is 7.11. The lowest BCUT2D eigenvalue weighted by Gasteiger charge is -2.01. The van der Waals surface area contributed by atoms with Crippen molar-refractivity contribution in [3.63, 3.8) is 0 Å². The molecule has 1 rings (SSSR count). The van der Waals surface area contributed by atoms with Gasteiger partial charge in [-0.25, -0.2) is 0 Å². The molecule has 74 valence electrons. The van der Waals surface area contributed by atoms with E-state index in [-0.39, 0.29) is 6.61 Å². The number of rotatable bonds is 5. The van der Waals surface area contributed by atoms with Crippen LogP contribution in [-0.4, -0.2) is 34.7 Å². The molecule has 6 heteroatoms. The highest BCUT2D eigenvalue weighted by Crippen LogP contribution is 2.14. The van der Waals surface area contributed by atoms with Gasteiger partial charge in [-0.15, -0.1) is 0 Å². The Labute approximate surface area is 81.0 Å². The summed E-state index contributed by atoms with van der Waals surface area (Å²) in [4.78, 5) is 0. The van der Waals surface area contributed by atoms with Crippen LogP contribution in [-0.2, 0) is 11.3 Å². The quantitative estimate of drug-likeness (QED) is 0.671. The molecule has 1 aromatic heterocycles. The van der Waals surface area contributed by atoms with Crippen molar-refractivity contribution in [3.8, 4) is 0 Å². The molecule has 0 aliphatic heterocycles. The Kier molecular flexibility index (Phi) is 4.01. The second kappa shape index (κ2) is 5.06. The number of halogens is 1. The Morgan fingerprint density at radius 2 is 2.38 bits per heavy atom. The number of hydrogen-bond donors (Lipinski definition) is 2. The molecule has 0 spiro atoms. The molecule has 0 aliphatic carbocycles. The summed E-state index contributed by atoms with van der Waals surface area (Å²) in [7, 11) is 0. The molecular formula is C7H12ClN3O2. The topological polar surface area (TPSA) is 73.3 Å². The summed E-state index contributed by atoms with van der Waals surface area (Å²) < 4.78 is 6.65.